The molecule has 5 heteroatoms. The van der Waals surface area contributed by atoms with E-state index in [1.54, 1.807) is 18.5 Å². The molecule has 0 spiro atoms. The standard InChI is InChI=1S/C10H11ClN4/c1-6-7(2)15(5-13-6)10-4-8(12)3-9(11)14-10/h3-5H,1-2H3,(H2,12,14). The van der Waals surface area contributed by atoms with Gasteiger partial charge in [0.25, 0.3) is 0 Å². The van der Waals surface area contributed by atoms with Crippen molar-refractivity contribution in [2.24, 2.45) is 0 Å². The number of hydrogen-bond donors (Lipinski definition) is 1. The van der Waals surface area contributed by atoms with E-state index in [-0.39, 0.29) is 0 Å². The minimum Gasteiger partial charge on any atom is -0.399 e. The molecule has 0 unspecified atom stereocenters. The third-order valence-electron chi connectivity index (χ3n) is 2.30. The number of halogens is 1. The number of aryl methyl sites for hydroxylation is 1. The van der Waals surface area contributed by atoms with Gasteiger partial charge in [0.1, 0.15) is 17.3 Å². The average molecular weight is 223 g/mol. The van der Waals surface area contributed by atoms with Crippen molar-refractivity contribution in [2.75, 3.05) is 5.73 Å². The number of anilines is 1. The summed E-state index contributed by atoms with van der Waals surface area (Å²) in [5.41, 5.74) is 8.29. The number of nitrogen functional groups attached to an aromatic ring is 1. The normalized spacial score (nSPS) is 10.6. The van der Waals surface area contributed by atoms with E-state index in [4.69, 9.17) is 17.3 Å². The molecule has 2 aromatic heterocycles. The van der Waals surface area contributed by atoms with E-state index in [2.05, 4.69) is 9.97 Å². The van der Waals surface area contributed by atoms with Crippen LogP contribution in [0.3, 0.4) is 0 Å². The molecular weight excluding hydrogens is 212 g/mol. The highest BCUT2D eigenvalue weighted by molar-refractivity contribution is 6.29. The maximum atomic E-state index is 5.83. The molecule has 0 fully saturated rings. The van der Waals surface area contributed by atoms with Crippen molar-refractivity contribution in [3.63, 3.8) is 0 Å². The fraction of sp³-hybridized carbons (Fsp3) is 0.200. The lowest BCUT2D eigenvalue weighted by atomic mass is 10.3. The van der Waals surface area contributed by atoms with Gasteiger partial charge in [0.15, 0.2) is 0 Å². The van der Waals surface area contributed by atoms with Crippen LogP contribution in [0.1, 0.15) is 11.4 Å². The molecule has 2 N–H and O–H groups in total. The first-order chi connectivity index (χ1) is 7.08. The largest absolute Gasteiger partial charge is 0.399 e. The zero-order valence-corrected chi connectivity index (χ0v) is 9.28. The fourth-order valence-electron chi connectivity index (χ4n) is 1.36. The molecule has 0 aliphatic rings. The first kappa shape index (κ1) is 9.98. The summed E-state index contributed by atoms with van der Waals surface area (Å²) in [7, 11) is 0. The molecular formula is C10H11ClN4. The predicted octanol–water partition coefficient (Wildman–Crippen LogP) is 2.12. The molecule has 2 heterocycles. The Kier molecular flexibility index (Phi) is 2.36. The predicted molar refractivity (Wildman–Crippen MR) is 60.3 cm³/mol. The molecule has 78 valence electrons. The number of hydrogen-bond acceptors (Lipinski definition) is 3. The first-order valence-corrected chi connectivity index (χ1v) is 4.89. The van der Waals surface area contributed by atoms with Crippen molar-refractivity contribution in [1.29, 1.82) is 0 Å². The van der Waals surface area contributed by atoms with Gasteiger partial charge in [0.05, 0.1) is 5.69 Å². The summed E-state index contributed by atoms with van der Waals surface area (Å²) in [5, 5.41) is 0.385. The minimum absolute atomic E-state index is 0.385. The molecule has 0 saturated heterocycles. The number of rotatable bonds is 1. The Labute approximate surface area is 92.7 Å². The van der Waals surface area contributed by atoms with Crippen LogP contribution in [-0.4, -0.2) is 14.5 Å². The van der Waals surface area contributed by atoms with Crippen LogP contribution in [0.15, 0.2) is 18.5 Å². The van der Waals surface area contributed by atoms with Crippen molar-refractivity contribution in [2.45, 2.75) is 13.8 Å². The summed E-state index contributed by atoms with van der Waals surface area (Å²) < 4.78 is 1.86. The Morgan fingerprint density at radius 2 is 2.07 bits per heavy atom. The van der Waals surface area contributed by atoms with Gasteiger partial charge in [-0.05, 0) is 19.9 Å². The Hall–Kier alpha value is -1.55. The minimum atomic E-state index is 0.385. The van der Waals surface area contributed by atoms with E-state index < -0.39 is 0 Å². The third kappa shape index (κ3) is 1.80. The van der Waals surface area contributed by atoms with Gasteiger partial charge in [-0.25, -0.2) is 9.97 Å². The SMILES string of the molecule is Cc1ncn(-c2cc(N)cc(Cl)n2)c1C. The summed E-state index contributed by atoms with van der Waals surface area (Å²) in [6.45, 7) is 3.92. The van der Waals surface area contributed by atoms with Crippen molar-refractivity contribution < 1.29 is 0 Å². The van der Waals surface area contributed by atoms with Crippen LogP contribution in [0.2, 0.25) is 5.15 Å². The van der Waals surface area contributed by atoms with Gasteiger partial charge in [-0.1, -0.05) is 11.6 Å². The summed E-state index contributed by atoms with van der Waals surface area (Å²) in [6.07, 6.45) is 1.71. The van der Waals surface area contributed by atoms with Gasteiger partial charge in [0.2, 0.25) is 0 Å². The lowest BCUT2D eigenvalue weighted by Crippen LogP contribution is -2.00. The monoisotopic (exact) mass is 222 g/mol. The van der Waals surface area contributed by atoms with Gasteiger partial charge < -0.3 is 5.73 Å². The number of nitrogens with zero attached hydrogens (tertiary/aromatic N) is 3. The smallest absolute Gasteiger partial charge is 0.141 e. The average Bonchev–Trinajstić information content (AvgIpc) is 2.46. The Bertz CT molecular complexity index is 484. The third-order valence-corrected chi connectivity index (χ3v) is 2.50. The molecule has 0 aliphatic carbocycles. The van der Waals surface area contributed by atoms with Crippen LogP contribution in [-0.2, 0) is 0 Å². The zero-order chi connectivity index (χ0) is 11.0. The van der Waals surface area contributed by atoms with E-state index in [0.717, 1.165) is 11.4 Å². The molecule has 2 rings (SSSR count). The number of pyridine rings is 1. The lowest BCUT2D eigenvalue weighted by Gasteiger charge is -2.05. The van der Waals surface area contributed by atoms with Gasteiger partial charge >= 0.3 is 0 Å². The molecule has 0 aliphatic heterocycles. The fourth-order valence-corrected chi connectivity index (χ4v) is 1.57. The second-order valence-electron chi connectivity index (χ2n) is 3.37. The van der Waals surface area contributed by atoms with E-state index >= 15 is 0 Å². The van der Waals surface area contributed by atoms with Gasteiger partial charge in [-0.15, -0.1) is 0 Å². The molecule has 4 nitrogen and oxygen atoms in total. The van der Waals surface area contributed by atoms with Crippen LogP contribution >= 0.6 is 11.6 Å². The summed E-state index contributed by atoms with van der Waals surface area (Å²) in [4.78, 5) is 8.38. The first-order valence-electron chi connectivity index (χ1n) is 4.52. The molecule has 0 bridgehead atoms. The maximum Gasteiger partial charge on any atom is 0.141 e. The van der Waals surface area contributed by atoms with Crippen molar-refractivity contribution in [3.8, 4) is 5.82 Å². The molecule has 0 amide bonds. The van der Waals surface area contributed by atoms with Crippen LogP contribution in [0.4, 0.5) is 5.69 Å². The quantitative estimate of drug-likeness (QED) is 0.752. The molecule has 0 radical (unpaired) electrons. The highest BCUT2D eigenvalue weighted by Gasteiger charge is 2.06. The van der Waals surface area contributed by atoms with Crippen LogP contribution < -0.4 is 5.73 Å². The van der Waals surface area contributed by atoms with E-state index in [1.165, 1.54) is 0 Å². The summed E-state index contributed by atoms with van der Waals surface area (Å²) >= 11 is 5.83. The maximum absolute atomic E-state index is 5.83. The molecule has 2 aromatic rings. The Morgan fingerprint density at radius 3 is 2.60 bits per heavy atom. The second-order valence-corrected chi connectivity index (χ2v) is 3.75. The zero-order valence-electron chi connectivity index (χ0n) is 8.53. The van der Waals surface area contributed by atoms with Gasteiger partial charge in [-0.2, -0.15) is 0 Å². The van der Waals surface area contributed by atoms with Crippen molar-refractivity contribution >= 4 is 17.3 Å². The highest BCUT2D eigenvalue weighted by Crippen LogP contribution is 2.17. The summed E-state index contributed by atoms with van der Waals surface area (Å²) in [5.74, 6) is 0.693. The molecule has 0 saturated carbocycles. The Balaban J connectivity index is 2.58. The number of nitrogens with two attached hydrogens (primary N) is 1. The Morgan fingerprint density at radius 1 is 1.33 bits per heavy atom. The second kappa shape index (κ2) is 3.55. The van der Waals surface area contributed by atoms with Crippen LogP contribution in [0, 0.1) is 13.8 Å². The molecule has 15 heavy (non-hydrogen) atoms. The van der Waals surface area contributed by atoms with Gasteiger partial charge in [-0.3, -0.25) is 4.57 Å². The van der Waals surface area contributed by atoms with Crippen molar-refractivity contribution in [1.82, 2.24) is 14.5 Å². The van der Waals surface area contributed by atoms with Crippen LogP contribution in [0.5, 0.6) is 0 Å². The van der Waals surface area contributed by atoms with Crippen molar-refractivity contribution in [3.05, 3.63) is 35.0 Å². The highest BCUT2D eigenvalue weighted by atomic mass is 35.5. The summed E-state index contributed by atoms with van der Waals surface area (Å²) in [6, 6.07) is 3.38. The lowest BCUT2D eigenvalue weighted by molar-refractivity contribution is 0.952. The molecule has 0 aromatic carbocycles. The molecule has 0 atom stereocenters. The number of aromatic nitrogens is 3. The topological polar surface area (TPSA) is 56.7 Å². The van der Waals surface area contributed by atoms with Gasteiger partial charge in [0, 0.05) is 17.4 Å². The van der Waals surface area contributed by atoms with E-state index in [9.17, 15) is 0 Å². The van der Waals surface area contributed by atoms with E-state index in [1.807, 2.05) is 18.4 Å². The number of imidazole rings is 1. The van der Waals surface area contributed by atoms with Crippen LogP contribution in [0.25, 0.3) is 5.82 Å². The van der Waals surface area contributed by atoms with E-state index in [0.29, 0.717) is 16.7 Å².